The Morgan fingerprint density at radius 3 is 2.21 bits per heavy atom. The Morgan fingerprint density at radius 1 is 1.09 bits per heavy atom. The van der Waals surface area contributed by atoms with Crippen molar-refractivity contribution in [2.24, 2.45) is 17.3 Å². The van der Waals surface area contributed by atoms with Gasteiger partial charge in [-0.15, -0.1) is 0 Å². The Kier molecular flexibility index (Phi) is 9.66. The summed E-state index contributed by atoms with van der Waals surface area (Å²) in [6.45, 7) is 10.4. The molecular formula is C23H30N4O4S2. The third-order valence-electron chi connectivity index (χ3n) is 5.13. The molecule has 0 saturated carbocycles. The first-order valence-electron chi connectivity index (χ1n) is 10.3. The summed E-state index contributed by atoms with van der Waals surface area (Å²) < 4.78 is 33.1. The number of anilines is 1. The van der Waals surface area contributed by atoms with E-state index in [9.17, 15) is 13.0 Å². The minimum atomic E-state index is -4.41. The van der Waals surface area contributed by atoms with E-state index >= 15 is 0 Å². The van der Waals surface area contributed by atoms with Crippen LogP contribution < -0.4 is 9.47 Å². The smallest absolute Gasteiger partial charge is 0.408 e. The van der Waals surface area contributed by atoms with E-state index in [1.165, 1.54) is 21.8 Å². The first kappa shape index (κ1) is 26.6. The Bertz CT molecular complexity index is 1190. The van der Waals surface area contributed by atoms with Crippen LogP contribution in [0.25, 0.3) is 0 Å². The second-order valence-electron chi connectivity index (χ2n) is 7.33. The van der Waals surface area contributed by atoms with Gasteiger partial charge in [0.05, 0.1) is 24.1 Å². The topological polar surface area (TPSA) is 98.3 Å². The zero-order valence-electron chi connectivity index (χ0n) is 19.8. The van der Waals surface area contributed by atoms with Gasteiger partial charge in [0.2, 0.25) is 10.4 Å². The van der Waals surface area contributed by atoms with Gasteiger partial charge >= 0.3 is 5.13 Å². The van der Waals surface area contributed by atoms with E-state index in [1.807, 2.05) is 7.05 Å². The summed E-state index contributed by atoms with van der Waals surface area (Å²) in [5.74, 6) is 0. The Morgan fingerprint density at radius 2 is 1.73 bits per heavy atom. The molecule has 0 amide bonds. The maximum absolute atomic E-state index is 9.22. The second kappa shape index (κ2) is 12.0. The zero-order valence-corrected chi connectivity index (χ0v) is 21.4. The summed E-state index contributed by atoms with van der Waals surface area (Å²) in [6.07, 6.45) is 0. The molecule has 0 radical (unpaired) electrons. The Hall–Kier alpha value is -2.66. The van der Waals surface area contributed by atoms with Crippen LogP contribution in [0.15, 0.2) is 58.8 Å². The lowest BCUT2D eigenvalue weighted by Crippen LogP contribution is -2.28. The van der Waals surface area contributed by atoms with Crippen LogP contribution in [0, 0.1) is 20.8 Å². The normalized spacial score (nSPS) is 11.4. The molecule has 0 N–H and O–H groups in total. The van der Waals surface area contributed by atoms with Crippen molar-refractivity contribution < 1.29 is 21.7 Å². The van der Waals surface area contributed by atoms with Crippen molar-refractivity contribution in [3.8, 4) is 0 Å². The van der Waals surface area contributed by atoms with Gasteiger partial charge in [-0.1, -0.05) is 30.3 Å². The van der Waals surface area contributed by atoms with E-state index in [1.54, 1.807) is 11.3 Å². The number of hydrogen-bond acceptors (Lipinski definition) is 8. The van der Waals surface area contributed by atoms with E-state index in [2.05, 4.69) is 100 Å². The molecule has 0 saturated heterocycles. The molecule has 0 bridgehead atoms. The van der Waals surface area contributed by atoms with Gasteiger partial charge in [0.25, 0.3) is 0 Å². The van der Waals surface area contributed by atoms with Gasteiger partial charge in [0.1, 0.15) is 11.4 Å². The first-order valence-corrected chi connectivity index (χ1v) is 12.5. The molecule has 0 aliphatic heterocycles. The number of rotatable bonds is 7. The van der Waals surface area contributed by atoms with Gasteiger partial charge in [-0.3, -0.25) is 4.18 Å². The van der Waals surface area contributed by atoms with Crippen molar-refractivity contribution in [1.82, 2.24) is 0 Å². The third kappa shape index (κ3) is 8.01. The monoisotopic (exact) mass is 490 g/mol. The van der Waals surface area contributed by atoms with Crippen LogP contribution in [0.3, 0.4) is 0 Å². The molecule has 33 heavy (non-hydrogen) atoms. The molecule has 178 valence electrons. The lowest BCUT2D eigenvalue weighted by molar-refractivity contribution is -0.660. The quantitative estimate of drug-likeness (QED) is 0.200. The highest BCUT2D eigenvalue weighted by atomic mass is 32.3. The average molecular weight is 491 g/mol. The van der Waals surface area contributed by atoms with Crippen molar-refractivity contribution in [3.63, 3.8) is 0 Å². The average Bonchev–Trinajstić information content (AvgIpc) is 3.04. The van der Waals surface area contributed by atoms with Gasteiger partial charge in [0.15, 0.2) is 0 Å². The molecule has 8 nitrogen and oxygen atoms in total. The van der Waals surface area contributed by atoms with Gasteiger partial charge in [0, 0.05) is 18.8 Å². The van der Waals surface area contributed by atoms with Crippen LogP contribution in [0.1, 0.15) is 28.6 Å². The van der Waals surface area contributed by atoms with Crippen molar-refractivity contribution >= 4 is 38.2 Å². The summed E-state index contributed by atoms with van der Waals surface area (Å²) in [4.78, 5) is 3.65. The molecule has 0 unspecified atom stereocenters. The van der Waals surface area contributed by atoms with E-state index in [0.717, 1.165) is 36.6 Å². The summed E-state index contributed by atoms with van der Waals surface area (Å²) in [6, 6.07) is 17.0. The largest absolute Gasteiger partial charge is 0.726 e. The van der Waals surface area contributed by atoms with Gasteiger partial charge < -0.3 is 9.45 Å². The third-order valence-corrected chi connectivity index (χ3v) is 6.68. The number of azo groups is 1. The predicted molar refractivity (Wildman–Crippen MR) is 130 cm³/mol. The highest BCUT2D eigenvalue weighted by Crippen LogP contribution is 2.29. The fourth-order valence-electron chi connectivity index (χ4n) is 2.98. The van der Waals surface area contributed by atoms with Crippen molar-refractivity contribution in [2.75, 3.05) is 18.6 Å². The van der Waals surface area contributed by atoms with Crippen LogP contribution in [0.2, 0.25) is 0 Å². The molecular weight excluding hydrogens is 460 g/mol. The summed E-state index contributed by atoms with van der Waals surface area (Å²) in [5.41, 5.74) is 5.82. The van der Waals surface area contributed by atoms with E-state index in [4.69, 9.17) is 0 Å². The van der Waals surface area contributed by atoms with E-state index in [-0.39, 0.29) is 0 Å². The van der Waals surface area contributed by atoms with Crippen LogP contribution in [-0.2, 0) is 28.2 Å². The molecule has 0 atom stereocenters. The van der Waals surface area contributed by atoms with Crippen molar-refractivity contribution in [2.45, 2.75) is 34.2 Å². The molecule has 0 spiro atoms. The van der Waals surface area contributed by atoms with Gasteiger partial charge in [-0.2, -0.15) is 0 Å². The van der Waals surface area contributed by atoms with Gasteiger partial charge in [-0.25, -0.2) is 13.0 Å². The number of aromatic nitrogens is 1. The van der Waals surface area contributed by atoms with Crippen LogP contribution >= 0.6 is 11.3 Å². The lowest BCUT2D eigenvalue weighted by atomic mass is 10.1. The number of aryl methyl sites for hydroxylation is 2. The number of nitrogens with zero attached hydrogens (tertiary/aromatic N) is 4. The number of hydrogen-bond donors (Lipinski definition) is 0. The predicted octanol–water partition coefficient (Wildman–Crippen LogP) is 5.03. The number of thiazole rings is 1. The van der Waals surface area contributed by atoms with Crippen LogP contribution in [0.5, 0.6) is 0 Å². The maximum atomic E-state index is 9.22. The highest BCUT2D eigenvalue weighted by molar-refractivity contribution is 7.80. The Labute approximate surface area is 200 Å². The van der Waals surface area contributed by atoms with E-state index in [0.29, 0.717) is 0 Å². The molecule has 10 heteroatoms. The molecule has 3 aromatic rings. The lowest BCUT2D eigenvalue weighted by Gasteiger charge is -2.23. The van der Waals surface area contributed by atoms with Crippen molar-refractivity contribution in [3.05, 3.63) is 70.2 Å². The maximum Gasteiger partial charge on any atom is 0.408 e. The molecule has 0 fully saturated rings. The summed E-state index contributed by atoms with van der Waals surface area (Å²) in [5, 5.41) is 9.90. The molecule has 0 aliphatic carbocycles. The Balaban J connectivity index is 0.000000569. The fraction of sp³-hybridized carbons (Fsp3) is 0.348. The molecule has 2 aromatic carbocycles. The first-order chi connectivity index (χ1) is 15.6. The minimum absolute atomic E-state index is 0.808. The zero-order chi connectivity index (χ0) is 24.6. The number of benzene rings is 2. The second-order valence-corrected chi connectivity index (χ2v) is 9.66. The molecule has 0 aliphatic rings. The minimum Gasteiger partial charge on any atom is -0.726 e. The van der Waals surface area contributed by atoms with Gasteiger partial charge in [-0.05, 0) is 73.5 Å². The van der Waals surface area contributed by atoms with Crippen LogP contribution in [-0.4, -0.2) is 26.6 Å². The van der Waals surface area contributed by atoms with Crippen LogP contribution in [0.4, 0.5) is 16.5 Å². The fourth-order valence-corrected chi connectivity index (χ4v) is 3.90. The summed E-state index contributed by atoms with van der Waals surface area (Å²) >= 11 is 1.67. The SMILES string of the molecule is CCN(Cc1ccccc1)c1ccc(N=Nc2sc(C)c(C)[n+]2C)c(C)c1.COS(=O)(=O)[O-]. The standard InChI is InChI=1S/C22H27N4S.CH4O4S/c1-6-26(15-19-10-8-7-9-11-19)20-12-13-21(16(2)14-20)23-24-22-25(5)17(3)18(4)27-22;1-5-6(2,3)4/h7-14H,6,15H2,1-5H3;1H3,(H,2,3,4)/q+1;/p-1. The highest BCUT2D eigenvalue weighted by Gasteiger charge is 2.16. The molecule has 1 aromatic heterocycles. The summed E-state index contributed by atoms with van der Waals surface area (Å²) in [7, 11) is -1.57. The van der Waals surface area contributed by atoms with E-state index < -0.39 is 10.4 Å². The molecule has 3 rings (SSSR count). The van der Waals surface area contributed by atoms with Crippen molar-refractivity contribution in [1.29, 1.82) is 0 Å². The molecule has 1 heterocycles.